The van der Waals surface area contributed by atoms with Crippen molar-refractivity contribution in [1.82, 2.24) is 15.4 Å². The summed E-state index contributed by atoms with van der Waals surface area (Å²) in [5.41, 5.74) is 3.28. The number of ketones is 1. The summed E-state index contributed by atoms with van der Waals surface area (Å²) in [7, 11) is 1.55. The van der Waals surface area contributed by atoms with E-state index in [1.807, 2.05) is 39.8 Å². The van der Waals surface area contributed by atoms with Gasteiger partial charge in [0.05, 0.1) is 24.4 Å². The lowest BCUT2D eigenvalue weighted by Gasteiger charge is -2.29. The highest BCUT2D eigenvalue weighted by molar-refractivity contribution is 6.08. The van der Waals surface area contributed by atoms with Crippen LogP contribution in [0.25, 0.3) is 0 Å². The third-order valence-electron chi connectivity index (χ3n) is 8.03. The number of amides is 1. The first-order valence-corrected chi connectivity index (χ1v) is 15.0. The fraction of sp³-hybridized carbons (Fsp3) is 0.424. The first-order valence-electron chi connectivity index (χ1n) is 15.0. The highest BCUT2D eigenvalue weighted by Gasteiger charge is 2.32. The van der Waals surface area contributed by atoms with Gasteiger partial charge in [0.2, 0.25) is 0 Å². The number of nitrogens with one attached hydrogen (secondary N) is 2. The zero-order valence-electron chi connectivity index (χ0n) is 26.3. The maximum absolute atomic E-state index is 13.9. The van der Waals surface area contributed by atoms with Crippen LogP contribution < -0.4 is 19.7 Å². The maximum atomic E-state index is 13.9. The lowest BCUT2D eigenvalue weighted by molar-refractivity contribution is 0.0684. The topological polar surface area (TPSA) is 158 Å². The predicted molar refractivity (Wildman–Crippen MR) is 167 cm³/mol. The molecule has 1 saturated heterocycles. The van der Waals surface area contributed by atoms with E-state index in [0.717, 1.165) is 42.7 Å². The summed E-state index contributed by atoms with van der Waals surface area (Å²) < 4.78 is 17.2. The monoisotopic (exact) mass is 617 g/mol. The Labute approximate surface area is 261 Å². The van der Waals surface area contributed by atoms with Gasteiger partial charge in [0.15, 0.2) is 17.2 Å². The molecule has 0 atom stereocenters. The van der Waals surface area contributed by atoms with E-state index < -0.39 is 11.4 Å². The van der Waals surface area contributed by atoms with Crippen molar-refractivity contribution < 1.29 is 33.5 Å². The van der Waals surface area contributed by atoms with Gasteiger partial charge in [-0.1, -0.05) is 25.9 Å². The number of benzene rings is 2. The van der Waals surface area contributed by atoms with Crippen LogP contribution in [0.3, 0.4) is 0 Å². The van der Waals surface area contributed by atoms with Crippen LogP contribution in [0.4, 0.5) is 5.69 Å². The zero-order valence-corrected chi connectivity index (χ0v) is 26.3. The molecular weight excluding hydrogens is 578 g/mol. The van der Waals surface area contributed by atoms with Crippen LogP contribution in [0.5, 0.6) is 11.5 Å². The standard InChI is InChI=1S/C33H39N5O7/c1-6-43-28-13-20-16-38(30(34)22(20)15-23(28)31(40)35-5)17-27(39)19-11-24(33(2,3)4)29(26(12-19)37-9-7-8-10-37)44-18-21-14-25(32(41)42)36-45-21/h11-15,34H,6-10,16-18H2,1-5H3,(H,35,40)(H,41,42). The number of aromatic carboxylic acids is 1. The molecule has 1 amide bonds. The molecule has 45 heavy (non-hydrogen) atoms. The molecule has 0 radical (unpaired) electrons. The first kappa shape index (κ1) is 31.6. The summed E-state index contributed by atoms with van der Waals surface area (Å²) in [6, 6.07) is 8.49. The largest absolute Gasteiger partial charge is 0.493 e. The Morgan fingerprint density at radius 3 is 2.44 bits per heavy atom. The number of carboxylic acid groups (broad SMARTS) is 1. The van der Waals surface area contributed by atoms with Gasteiger partial charge in [0.25, 0.3) is 5.91 Å². The highest BCUT2D eigenvalue weighted by Crippen LogP contribution is 2.42. The van der Waals surface area contributed by atoms with Gasteiger partial charge in [-0.15, -0.1) is 0 Å². The van der Waals surface area contributed by atoms with Gasteiger partial charge in [-0.05, 0) is 55.0 Å². The van der Waals surface area contributed by atoms with Gasteiger partial charge in [-0.3, -0.25) is 15.0 Å². The summed E-state index contributed by atoms with van der Waals surface area (Å²) in [5.74, 6) is -0.128. The number of Topliss-reactive ketones (excluding diaryl/α,β-unsaturated/α-hetero) is 1. The molecule has 1 aromatic heterocycles. The summed E-state index contributed by atoms with van der Waals surface area (Å²) >= 11 is 0. The SMILES string of the molecule is CCOc1cc2c(cc1C(=O)NC)C(=N)N(CC(=O)c1cc(N3CCCC3)c(OCc3cc(C(=O)O)no3)c(C(C)(C)C)c1)C2. The smallest absolute Gasteiger partial charge is 0.358 e. The average molecular weight is 618 g/mol. The van der Waals surface area contributed by atoms with Crippen LogP contribution in [0, 0.1) is 5.41 Å². The summed E-state index contributed by atoms with van der Waals surface area (Å²) in [6.45, 7) is 10.3. The number of rotatable bonds is 11. The maximum Gasteiger partial charge on any atom is 0.358 e. The van der Waals surface area contributed by atoms with E-state index in [4.69, 9.17) is 19.4 Å². The fourth-order valence-corrected chi connectivity index (χ4v) is 5.72. The Morgan fingerprint density at radius 1 is 1.09 bits per heavy atom. The molecule has 12 heteroatoms. The first-order chi connectivity index (χ1) is 21.4. The predicted octanol–water partition coefficient (Wildman–Crippen LogP) is 4.63. The molecule has 2 aromatic carbocycles. The van der Waals surface area contributed by atoms with Crippen molar-refractivity contribution in [3.63, 3.8) is 0 Å². The second-order valence-electron chi connectivity index (χ2n) is 12.2. The minimum Gasteiger partial charge on any atom is -0.493 e. The molecule has 1 fully saturated rings. The third kappa shape index (κ3) is 6.50. The van der Waals surface area contributed by atoms with Crippen LogP contribution in [0.1, 0.15) is 94.2 Å². The van der Waals surface area contributed by atoms with Gasteiger partial charge >= 0.3 is 5.97 Å². The molecule has 3 heterocycles. The van der Waals surface area contributed by atoms with E-state index >= 15 is 0 Å². The van der Waals surface area contributed by atoms with Crippen molar-refractivity contribution in [2.24, 2.45) is 0 Å². The lowest BCUT2D eigenvalue weighted by Crippen LogP contribution is -2.31. The molecule has 2 aliphatic heterocycles. The van der Waals surface area contributed by atoms with Crippen LogP contribution in [0.2, 0.25) is 0 Å². The number of nitrogens with zero attached hydrogens (tertiary/aromatic N) is 3. The van der Waals surface area contributed by atoms with Gasteiger partial charge in [0, 0.05) is 49.4 Å². The molecule has 5 rings (SSSR count). The van der Waals surface area contributed by atoms with E-state index in [0.29, 0.717) is 41.3 Å². The number of fused-ring (bicyclic) bond motifs is 1. The van der Waals surface area contributed by atoms with Crippen molar-refractivity contribution in [2.75, 3.05) is 38.2 Å². The van der Waals surface area contributed by atoms with Crippen molar-refractivity contribution in [2.45, 2.75) is 59.1 Å². The Kier molecular flexibility index (Phi) is 8.85. The van der Waals surface area contributed by atoms with Crippen LogP contribution in [-0.2, 0) is 18.6 Å². The van der Waals surface area contributed by atoms with Crippen LogP contribution in [0.15, 0.2) is 34.9 Å². The molecule has 3 N–H and O–H groups in total. The lowest BCUT2D eigenvalue weighted by atomic mass is 9.84. The number of hydrogen-bond donors (Lipinski definition) is 3. The van der Waals surface area contributed by atoms with E-state index in [9.17, 15) is 19.5 Å². The number of carbonyl (C=O) groups is 3. The summed E-state index contributed by atoms with van der Waals surface area (Å²) in [4.78, 5) is 41.6. The van der Waals surface area contributed by atoms with Gasteiger partial charge in [0.1, 0.15) is 23.9 Å². The minimum atomic E-state index is -1.18. The third-order valence-corrected chi connectivity index (χ3v) is 8.03. The number of carbonyl (C=O) groups excluding carboxylic acids is 2. The zero-order chi connectivity index (χ0) is 32.5. The Morgan fingerprint density at radius 2 is 1.82 bits per heavy atom. The number of hydrogen-bond acceptors (Lipinski definition) is 9. The summed E-state index contributed by atoms with van der Waals surface area (Å²) in [6.07, 6.45) is 2.02. The van der Waals surface area contributed by atoms with Gasteiger partial charge in [-0.2, -0.15) is 0 Å². The van der Waals surface area contributed by atoms with Crippen molar-refractivity contribution >= 4 is 29.2 Å². The van der Waals surface area contributed by atoms with E-state index in [-0.39, 0.29) is 42.1 Å². The number of aromatic nitrogens is 1. The van der Waals surface area contributed by atoms with Gasteiger partial charge < -0.3 is 34.2 Å². The molecule has 2 aliphatic rings. The van der Waals surface area contributed by atoms with Crippen LogP contribution >= 0.6 is 0 Å². The Bertz CT molecular complexity index is 1650. The molecule has 0 unspecified atom stereocenters. The molecular formula is C33H39N5O7. The van der Waals surface area contributed by atoms with E-state index in [2.05, 4.69) is 15.4 Å². The molecule has 12 nitrogen and oxygen atoms in total. The Balaban J connectivity index is 1.45. The minimum absolute atomic E-state index is 0.0218. The van der Waals surface area contributed by atoms with E-state index in [1.165, 1.54) is 6.07 Å². The molecule has 3 aromatic rings. The second kappa shape index (κ2) is 12.6. The molecule has 0 aliphatic carbocycles. The quantitative estimate of drug-likeness (QED) is 0.259. The number of ether oxygens (including phenoxy) is 2. The van der Waals surface area contributed by atoms with Crippen molar-refractivity contribution in [1.29, 1.82) is 5.41 Å². The number of amidine groups is 1. The average Bonchev–Trinajstić information content (AvgIpc) is 3.76. The number of carboxylic acids is 1. The van der Waals surface area contributed by atoms with Crippen molar-refractivity contribution in [3.8, 4) is 11.5 Å². The normalized spacial score (nSPS) is 14.5. The second-order valence-corrected chi connectivity index (χ2v) is 12.2. The molecule has 238 valence electrons. The Hall–Kier alpha value is -4.87. The highest BCUT2D eigenvalue weighted by atomic mass is 16.5. The van der Waals surface area contributed by atoms with E-state index in [1.54, 1.807) is 24.1 Å². The summed E-state index contributed by atoms with van der Waals surface area (Å²) in [5, 5.41) is 24.3. The van der Waals surface area contributed by atoms with Gasteiger partial charge in [-0.25, -0.2) is 4.79 Å². The molecule has 0 spiro atoms. The molecule has 0 saturated carbocycles. The van der Waals surface area contributed by atoms with Crippen molar-refractivity contribution in [3.05, 3.63) is 69.6 Å². The number of anilines is 1. The van der Waals surface area contributed by atoms with Crippen LogP contribution in [-0.4, -0.2) is 71.9 Å². The fourth-order valence-electron chi connectivity index (χ4n) is 5.72. The molecule has 0 bridgehead atoms.